The van der Waals surface area contributed by atoms with Crippen molar-refractivity contribution in [3.05, 3.63) is 0 Å². The van der Waals surface area contributed by atoms with Gasteiger partial charge in [0.05, 0.1) is 0 Å². The summed E-state index contributed by atoms with van der Waals surface area (Å²) < 4.78 is 5.39. The SMILES string of the molecule is C(CC1CCNCC1)CC1CCOC1. The molecule has 0 aliphatic carbocycles. The molecule has 2 heterocycles. The summed E-state index contributed by atoms with van der Waals surface area (Å²) in [7, 11) is 0. The van der Waals surface area contributed by atoms with Crippen LogP contribution in [-0.4, -0.2) is 26.3 Å². The second-order valence-corrected chi connectivity index (χ2v) is 4.85. The van der Waals surface area contributed by atoms with Crippen molar-refractivity contribution in [3.63, 3.8) is 0 Å². The van der Waals surface area contributed by atoms with Crippen molar-refractivity contribution in [2.75, 3.05) is 26.3 Å². The minimum atomic E-state index is 0.886. The summed E-state index contributed by atoms with van der Waals surface area (Å²) in [4.78, 5) is 0. The molecule has 0 radical (unpaired) electrons. The van der Waals surface area contributed by atoms with Crippen LogP contribution >= 0.6 is 0 Å². The molecule has 14 heavy (non-hydrogen) atoms. The smallest absolute Gasteiger partial charge is 0.0495 e. The molecule has 2 saturated heterocycles. The van der Waals surface area contributed by atoms with E-state index >= 15 is 0 Å². The quantitative estimate of drug-likeness (QED) is 0.746. The third kappa shape index (κ3) is 3.25. The molecular formula is C12H23NO. The molecule has 0 spiro atoms. The number of rotatable bonds is 4. The molecule has 2 nitrogen and oxygen atoms in total. The molecule has 0 amide bonds. The average Bonchev–Trinajstić information content (AvgIpc) is 2.72. The lowest BCUT2D eigenvalue weighted by atomic mass is 9.90. The average molecular weight is 197 g/mol. The Morgan fingerprint density at radius 3 is 2.50 bits per heavy atom. The summed E-state index contributed by atoms with van der Waals surface area (Å²) in [6, 6.07) is 0. The first-order chi connectivity index (χ1) is 6.95. The standard InChI is InChI=1S/C12H23NO/c1(3-12-6-9-14-10-12)2-11-4-7-13-8-5-11/h11-13H,1-10H2. The van der Waals surface area contributed by atoms with Crippen LogP contribution in [0.1, 0.15) is 38.5 Å². The summed E-state index contributed by atoms with van der Waals surface area (Å²) in [5.41, 5.74) is 0. The number of piperidine rings is 1. The number of ether oxygens (including phenoxy) is 1. The molecule has 1 atom stereocenters. The Kier molecular flexibility index (Phi) is 4.26. The van der Waals surface area contributed by atoms with Gasteiger partial charge in [0.2, 0.25) is 0 Å². The van der Waals surface area contributed by atoms with Crippen molar-refractivity contribution in [1.82, 2.24) is 5.32 Å². The first kappa shape index (κ1) is 10.4. The summed E-state index contributed by atoms with van der Waals surface area (Å²) in [5.74, 6) is 1.90. The highest BCUT2D eigenvalue weighted by Crippen LogP contribution is 2.23. The summed E-state index contributed by atoms with van der Waals surface area (Å²) in [6.07, 6.45) is 8.41. The van der Waals surface area contributed by atoms with E-state index < -0.39 is 0 Å². The Morgan fingerprint density at radius 1 is 1.00 bits per heavy atom. The van der Waals surface area contributed by atoms with E-state index in [1.165, 1.54) is 51.6 Å². The van der Waals surface area contributed by atoms with Crippen LogP contribution in [-0.2, 0) is 4.74 Å². The van der Waals surface area contributed by atoms with Gasteiger partial charge in [-0.15, -0.1) is 0 Å². The maximum absolute atomic E-state index is 5.39. The lowest BCUT2D eigenvalue weighted by molar-refractivity contribution is 0.183. The molecule has 1 N–H and O–H groups in total. The van der Waals surface area contributed by atoms with Crippen molar-refractivity contribution in [3.8, 4) is 0 Å². The second-order valence-electron chi connectivity index (χ2n) is 4.85. The van der Waals surface area contributed by atoms with Crippen molar-refractivity contribution in [1.29, 1.82) is 0 Å². The van der Waals surface area contributed by atoms with Gasteiger partial charge in [-0.05, 0) is 50.6 Å². The molecule has 0 aromatic rings. The zero-order chi connectivity index (χ0) is 9.64. The van der Waals surface area contributed by atoms with Crippen LogP contribution in [0.2, 0.25) is 0 Å². The number of hydrogen-bond acceptors (Lipinski definition) is 2. The Morgan fingerprint density at radius 2 is 1.79 bits per heavy atom. The monoisotopic (exact) mass is 197 g/mol. The highest BCUT2D eigenvalue weighted by atomic mass is 16.5. The van der Waals surface area contributed by atoms with Crippen molar-refractivity contribution in [2.45, 2.75) is 38.5 Å². The molecule has 0 saturated carbocycles. The van der Waals surface area contributed by atoms with Gasteiger partial charge in [-0.1, -0.05) is 12.8 Å². The maximum atomic E-state index is 5.39. The highest BCUT2D eigenvalue weighted by Gasteiger charge is 2.17. The van der Waals surface area contributed by atoms with E-state index in [1.807, 2.05) is 0 Å². The normalized spacial score (nSPS) is 29.6. The highest BCUT2D eigenvalue weighted by molar-refractivity contribution is 4.70. The van der Waals surface area contributed by atoms with Gasteiger partial charge in [-0.2, -0.15) is 0 Å². The lowest BCUT2D eigenvalue weighted by Gasteiger charge is -2.22. The van der Waals surface area contributed by atoms with Crippen LogP contribution in [0.4, 0.5) is 0 Å². The lowest BCUT2D eigenvalue weighted by Crippen LogP contribution is -2.27. The van der Waals surface area contributed by atoms with Crippen LogP contribution < -0.4 is 5.32 Å². The minimum absolute atomic E-state index is 0.886. The minimum Gasteiger partial charge on any atom is -0.381 e. The van der Waals surface area contributed by atoms with E-state index in [2.05, 4.69) is 5.32 Å². The zero-order valence-electron chi connectivity index (χ0n) is 9.13. The van der Waals surface area contributed by atoms with Gasteiger partial charge in [0.1, 0.15) is 0 Å². The topological polar surface area (TPSA) is 21.3 Å². The predicted molar refractivity (Wildman–Crippen MR) is 58.4 cm³/mol. The van der Waals surface area contributed by atoms with Gasteiger partial charge in [-0.3, -0.25) is 0 Å². The summed E-state index contributed by atoms with van der Waals surface area (Å²) in [5, 5.41) is 3.43. The van der Waals surface area contributed by atoms with Crippen molar-refractivity contribution < 1.29 is 4.74 Å². The fraction of sp³-hybridized carbons (Fsp3) is 1.00. The van der Waals surface area contributed by atoms with E-state index in [0.717, 1.165) is 25.0 Å². The maximum Gasteiger partial charge on any atom is 0.0495 e. The number of nitrogens with one attached hydrogen (secondary N) is 1. The molecule has 82 valence electrons. The van der Waals surface area contributed by atoms with Crippen LogP contribution in [0.15, 0.2) is 0 Å². The Hall–Kier alpha value is -0.0800. The first-order valence-electron chi connectivity index (χ1n) is 6.23. The molecule has 2 aliphatic rings. The largest absolute Gasteiger partial charge is 0.381 e. The van der Waals surface area contributed by atoms with Crippen LogP contribution in [0, 0.1) is 11.8 Å². The van der Waals surface area contributed by atoms with E-state index in [4.69, 9.17) is 4.74 Å². The zero-order valence-corrected chi connectivity index (χ0v) is 9.13. The third-order valence-corrected chi connectivity index (χ3v) is 3.71. The van der Waals surface area contributed by atoms with Crippen LogP contribution in [0.3, 0.4) is 0 Å². The van der Waals surface area contributed by atoms with Gasteiger partial charge in [0.25, 0.3) is 0 Å². The van der Waals surface area contributed by atoms with Gasteiger partial charge in [0, 0.05) is 13.2 Å². The molecule has 2 fully saturated rings. The van der Waals surface area contributed by atoms with E-state index in [-0.39, 0.29) is 0 Å². The summed E-state index contributed by atoms with van der Waals surface area (Å²) in [6.45, 7) is 4.54. The molecule has 0 bridgehead atoms. The molecule has 1 unspecified atom stereocenters. The molecule has 2 rings (SSSR count). The molecule has 0 aromatic carbocycles. The second kappa shape index (κ2) is 5.72. The van der Waals surface area contributed by atoms with Gasteiger partial charge in [0.15, 0.2) is 0 Å². The Labute approximate surface area is 87.4 Å². The molecule has 0 aromatic heterocycles. The molecule has 2 heteroatoms. The fourth-order valence-electron chi connectivity index (χ4n) is 2.68. The van der Waals surface area contributed by atoms with Crippen LogP contribution in [0.5, 0.6) is 0 Å². The van der Waals surface area contributed by atoms with Crippen molar-refractivity contribution >= 4 is 0 Å². The predicted octanol–water partition coefficient (Wildman–Crippen LogP) is 2.19. The van der Waals surface area contributed by atoms with Gasteiger partial charge >= 0.3 is 0 Å². The fourth-order valence-corrected chi connectivity index (χ4v) is 2.68. The van der Waals surface area contributed by atoms with Gasteiger partial charge in [-0.25, -0.2) is 0 Å². The third-order valence-electron chi connectivity index (χ3n) is 3.71. The number of hydrogen-bond donors (Lipinski definition) is 1. The Balaban J connectivity index is 1.52. The van der Waals surface area contributed by atoms with Gasteiger partial charge < -0.3 is 10.1 Å². The molecule has 2 aliphatic heterocycles. The Bertz CT molecular complexity index is 148. The van der Waals surface area contributed by atoms with Crippen LogP contribution in [0.25, 0.3) is 0 Å². The van der Waals surface area contributed by atoms with E-state index in [9.17, 15) is 0 Å². The van der Waals surface area contributed by atoms with Crippen molar-refractivity contribution in [2.24, 2.45) is 11.8 Å². The molecular weight excluding hydrogens is 174 g/mol. The van der Waals surface area contributed by atoms with E-state index in [0.29, 0.717) is 0 Å². The summed E-state index contributed by atoms with van der Waals surface area (Å²) >= 11 is 0. The van der Waals surface area contributed by atoms with E-state index in [1.54, 1.807) is 0 Å². The first-order valence-corrected chi connectivity index (χ1v) is 6.23.